The van der Waals surface area contributed by atoms with Gasteiger partial charge in [-0.05, 0) is 31.2 Å². The van der Waals surface area contributed by atoms with Crippen molar-refractivity contribution in [1.82, 2.24) is 4.98 Å². The van der Waals surface area contributed by atoms with E-state index in [1.54, 1.807) is 30.3 Å². The van der Waals surface area contributed by atoms with E-state index in [-0.39, 0.29) is 5.82 Å². The second kappa shape index (κ2) is 6.31. The molecule has 130 valence electrons. The van der Waals surface area contributed by atoms with Crippen LogP contribution in [0, 0.1) is 0 Å². The highest BCUT2D eigenvalue weighted by molar-refractivity contribution is 6.18. The van der Waals surface area contributed by atoms with Gasteiger partial charge in [0, 0.05) is 18.0 Å². The van der Waals surface area contributed by atoms with Crippen LogP contribution in [0.1, 0.15) is 6.92 Å². The van der Waals surface area contributed by atoms with Crippen molar-refractivity contribution in [2.75, 3.05) is 24.9 Å². The molecule has 0 fully saturated rings. The number of hydrogen-bond donors (Lipinski definition) is 2. The molecule has 25 heavy (non-hydrogen) atoms. The summed E-state index contributed by atoms with van der Waals surface area (Å²) >= 11 is 0. The molecule has 1 aromatic heterocycles. The maximum Gasteiger partial charge on any atom is 0.279 e. The molecule has 8 heteroatoms. The van der Waals surface area contributed by atoms with E-state index in [1.165, 1.54) is 27.3 Å². The number of rotatable bonds is 4. The lowest BCUT2D eigenvalue weighted by atomic mass is 10.0. The minimum atomic E-state index is -1.73. The number of carbonyl (C=O) groups is 2. The molecule has 0 aliphatic carbocycles. The molecule has 3 rings (SSSR count). The van der Waals surface area contributed by atoms with Gasteiger partial charge in [0.15, 0.2) is 23.1 Å². The highest BCUT2D eigenvalue weighted by Crippen LogP contribution is 2.33. The number of ether oxygens (including phenoxy) is 3. The molecule has 2 amide bonds. The van der Waals surface area contributed by atoms with E-state index >= 15 is 0 Å². The predicted octanol–water partition coefficient (Wildman–Crippen LogP) is 1.83. The molecule has 2 aromatic rings. The van der Waals surface area contributed by atoms with Crippen molar-refractivity contribution in [3.63, 3.8) is 0 Å². The van der Waals surface area contributed by atoms with Crippen LogP contribution >= 0.6 is 0 Å². The van der Waals surface area contributed by atoms with E-state index in [1.807, 2.05) is 0 Å². The molecule has 1 aliphatic rings. The molecule has 0 bridgehead atoms. The minimum Gasteiger partial charge on any atom is -0.493 e. The van der Waals surface area contributed by atoms with E-state index in [0.717, 1.165) is 0 Å². The lowest BCUT2D eigenvalue weighted by molar-refractivity contribution is -0.143. The number of pyridine rings is 1. The van der Waals surface area contributed by atoms with Crippen molar-refractivity contribution in [2.24, 2.45) is 0 Å². The monoisotopic (exact) mass is 343 g/mol. The fourth-order valence-electron chi connectivity index (χ4n) is 2.37. The Morgan fingerprint density at radius 3 is 2.72 bits per heavy atom. The molecule has 2 heterocycles. The smallest absolute Gasteiger partial charge is 0.279 e. The van der Waals surface area contributed by atoms with Crippen molar-refractivity contribution in [1.29, 1.82) is 0 Å². The topological polar surface area (TPSA) is 98.8 Å². The number of carbonyl (C=O) groups excluding carboxylic acids is 2. The van der Waals surface area contributed by atoms with Gasteiger partial charge in [0.25, 0.3) is 17.4 Å². The number of nitrogens with one attached hydrogen (secondary N) is 2. The number of aromatic nitrogens is 1. The van der Waals surface area contributed by atoms with Crippen LogP contribution < -0.4 is 24.8 Å². The van der Waals surface area contributed by atoms with E-state index in [2.05, 4.69) is 15.6 Å². The number of nitrogens with zero attached hydrogens (tertiary/aromatic N) is 1. The van der Waals surface area contributed by atoms with Crippen LogP contribution in [0.25, 0.3) is 0 Å². The number of anilines is 2. The van der Waals surface area contributed by atoms with Gasteiger partial charge in [-0.2, -0.15) is 0 Å². The quantitative estimate of drug-likeness (QED) is 0.822. The highest BCUT2D eigenvalue weighted by Gasteiger charge is 2.47. The Labute approximate surface area is 144 Å². The first kappa shape index (κ1) is 16.6. The molecular formula is C17H17N3O5. The summed E-state index contributed by atoms with van der Waals surface area (Å²) in [5.74, 6) is 0.367. The van der Waals surface area contributed by atoms with Crippen molar-refractivity contribution in [2.45, 2.75) is 12.5 Å². The lowest BCUT2D eigenvalue weighted by Crippen LogP contribution is -2.56. The number of hydrogen-bond acceptors (Lipinski definition) is 6. The van der Waals surface area contributed by atoms with Gasteiger partial charge < -0.3 is 24.8 Å². The van der Waals surface area contributed by atoms with Gasteiger partial charge in [-0.1, -0.05) is 0 Å². The molecule has 0 radical (unpaired) electrons. The van der Waals surface area contributed by atoms with Gasteiger partial charge in [0.2, 0.25) is 0 Å². The fourth-order valence-corrected chi connectivity index (χ4v) is 2.37. The number of benzene rings is 1. The molecule has 0 saturated carbocycles. The SMILES string of the molecule is COc1ccc(NC(=O)[C@@]2(C)Oc3cccnc3NC2=O)cc1OC. The van der Waals surface area contributed by atoms with Crippen LogP contribution in [0.2, 0.25) is 0 Å². The molecule has 0 saturated heterocycles. The number of amides is 2. The summed E-state index contributed by atoms with van der Waals surface area (Å²) in [6.07, 6.45) is 1.52. The fraction of sp³-hybridized carbons (Fsp3) is 0.235. The van der Waals surface area contributed by atoms with Gasteiger partial charge in [-0.25, -0.2) is 4.98 Å². The summed E-state index contributed by atoms with van der Waals surface area (Å²) in [4.78, 5) is 29.0. The van der Waals surface area contributed by atoms with Crippen molar-refractivity contribution < 1.29 is 23.8 Å². The third-order valence-electron chi connectivity index (χ3n) is 3.82. The second-order valence-electron chi connectivity index (χ2n) is 5.46. The van der Waals surface area contributed by atoms with Crippen LogP contribution in [0.3, 0.4) is 0 Å². The average molecular weight is 343 g/mol. The van der Waals surface area contributed by atoms with Gasteiger partial charge >= 0.3 is 0 Å². The second-order valence-corrected chi connectivity index (χ2v) is 5.46. The van der Waals surface area contributed by atoms with Crippen LogP contribution in [0.15, 0.2) is 36.5 Å². The molecule has 8 nitrogen and oxygen atoms in total. The van der Waals surface area contributed by atoms with Crippen LogP contribution in [0.4, 0.5) is 11.5 Å². The Kier molecular flexibility index (Phi) is 4.18. The first-order valence-corrected chi connectivity index (χ1v) is 7.47. The average Bonchev–Trinajstić information content (AvgIpc) is 2.62. The van der Waals surface area contributed by atoms with Crippen LogP contribution in [0.5, 0.6) is 17.2 Å². The summed E-state index contributed by atoms with van der Waals surface area (Å²) in [5.41, 5.74) is -1.29. The third-order valence-corrected chi connectivity index (χ3v) is 3.82. The Balaban J connectivity index is 1.84. The first-order valence-electron chi connectivity index (χ1n) is 7.47. The summed E-state index contributed by atoms with van der Waals surface area (Å²) in [6, 6.07) is 8.17. The van der Waals surface area contributed by atoms with E-state index < -0.39 is 17.4 Å². The zero-order chi connectivity index (χ0) is 18.0. The summed E-state index contributed by atoms with van der Waals surface area (Å²) in [5, 5.41) is 5.24. The zero-order valence-corrected chi connectivity index (χ0v) is 14.0. The molecule has 2 N–H and O–H groups in total. The van der Waals surface area contributed by atoms with Gasteiger partial charge in [-0.3, -0.25) is 9.59 Å². The van der Waals surface area contributed by atoms with Crippen LogP contribution in [-0.4, -0.2) is 36.6 Å². The Hall–Kier alpha value is -3.29. The predicted molar refractivity (Wildman–Crippen MR) is 90.1 cm³/mol. The lowest BCUT2D eigenvalue weighted by Gasteiger charge is -2.32. The molecular weight excluding hydrogens is 326 g/mol. The normalized spacial score (nSPS) is 18.4. The highest BCUT2D eigenvalue weighted by atomic mass is 16.5. The Bertz CT molecular complexity index is 839. The zero-order valence-electron chi connectivity index (χ0n) is 14.0. The first-order chi connectivity index (χ1) is 12.0. The van der Waals surface area contributed by atoms with E-state index in [0.29, 0.717) is 22.9 Å². The maximum atomic E-state index is 12.7. The van der Waals surface area contributed by atoms with Gasteiger partial charge in [0.1, 0.15) is 0 Å². The Morgan fingerprint density at radius 1 is 1.24 bits per heavy atom. The molecule has 0 spiro atoms. The van der Waals surface area contributed by atoms with Crippen molar-refractivity contribution in [3.05, 3.63) is 36.5 Å². The minimum absolute atomic E-state index is 0.281. The number of fused-ring (bicyclic) bond motifs is 1. The molecule has 0 unspecified atom stereocenters. The van der Waals surface area contributed by atoms with E-state index in [9.17, 15) is 9.59 Å². The van der Waals surface area contributed by atoms with Crippen LogP contribution in [-0.2, 0) is 9.59 Å². The largest absolute Gasteiger partial charge is 0.493 e. The van der Waals surface area contributed by atoms with Gasteiger partial charge in [-0.15, -0.1) is 0 Å². The molecule has 1 aliphatic heterocycles. The summed E-state index contributed by atoms with van der Waals surface area (Å²) < 4.78 is 16.0. The van der Waals surface area contributed by atoms with Crippen molar-refractivity contribution >= 4 is 23.3 Å². The van der Waals surface area contributed by atoms with E-state index in [4.69, 9.17) is 14.2 Å². The summed E-state index contributed by atoms with van der Waals surface area (Å²) in [6.45, 7) is 1.40. The molecule has 1 aromatic carbocycles. The molecule has 1 atom stereocenters. The number of methoxy groups -OCH3 is 2. The maximum absolute atomic E-state index is 12.7. The Morgan fingerprint density at radius 2 is 2.00 bits per heavy atom. The standard InChI is InChI=1S/C17H17N3O5/c1-17(16(22)20-14-12(25-17)5-4-8-18-14)15(21)19-10-6-7-11(23-2)13(9-10)24-3/h4-9H,1-3H3,(H,19,21)(H,18,20,22)/t17-/m1/s1. The van der Waals surface area contributed by atoms with Gasteiger partial charge in [0.05, 0.1) is 14.2 Å². The summed E-state index contributed by atoms with van der Waals surface area (Å²) in [7, 11) is 3.01. The third kappa shape index (κ3) is 2.93. The van der Waals surface area contributed by atoms with Crippen molar-refractivity contribution in [3.8, 4) is 17.2 Å².